The molecule has 1 saturated heterocycles. The number of carbonyl (C=O) groups excluding carboxylic acids is 1. The molecule has 0 spiro atoms. The number of nitrogens with zero attached hydrogens (tertiary/aromatic N) is 2. The summed E-state index contributed by atoms with van der Waals surface area (Å²) in [6.45, 7) is 1.46. The van der Waals surface area contributed by atoms with Crippen LogP contribution in [0.15, 0.2) is 0 Å². The van der Waals surface area contributed by atoms with Crippen molar-refractivity contribution in [2.24, 2.45) is 5.73 Å². The minimum absolute atomic E-state index is 0.0664. The van der Waals surface area contributed by atoms with Crippen molar-refractivity contribution in [1.82, 2.24) is 4.90 Å². The van der Waals surface area contributed by atoms with Gasteiger partial charge in [-0.1, -0.05) is 0 Å². The van der Waals surface area contributed by atoms with Gasteiger partial charge in [0.15, 0.2) is 0 Å². The first-order valence-corrected chi connectivity index (χ1v) is 4.64. The summed E-state index contributed by atoms with van der Waals surface area (Å²) in [5.41, 5.74) is 5.73. The molecule has 0 radical (unpaired) electrons. The summed E-state index contributed by atoms with van der Waals surface area (Å²) in [7, 11) is 0. The molecule has 2 N–H and O–H groups in total. The van der Waals surface area contributed by atoms with E-state index in [1.165, 1.54) is 0 Å². The van der Waals surface area contributed by atoms with E-state index in [4.69, 9.17) is 11.0 Å². The van der Waals surface area contributed by atoms with E-state index in [2.05, 4.69) is 0 Å². The molecule has 1 fully saturated rings. The lowest BCUT2D eigenvalue weighted by Crippen LogP contribution is -2.45. The standard InChI is InChI=1S/C9H15N3O/c10-5-1-4-9(13)12-6-2-3-8(11)7-12/h8H,1-4,6-7,11H2. The fourth-order valence-electron chi connectivity index (χ4n) is 1.56. The Hall–Kier alpha value is -1.08. The van der Waals surface area contributed by atoms with E-state index in [0.29, 0.717) is 19.4 Å². The zero-order chi connectivity index (χ0) is 9.68. The van der Waals surface area contributed by atoms with E-state index >= 15 is 0 Å². The first-order valence-electron chi connectivity index (χ1n) is 4.64. The maximum Gasteiger partial charge on any atom is 0.223 e. The summed E-state index contributed by atoms with van der Waals surface area (Å²) < 4.78 is 0. The monoisotopic (exact) mass is 181 g/mol. The number of likely N-dealkylation sites (tertiary alicyclic amines) is 1. The molecule has 1 atom stereocenters. The third-order valence-corrected chi connectivity index (χ3v) is 2.26. The number of nitrogens with two attached hydrogens (primary N) is 1. The van der Waals surface area contributed by atoms with Crippen molar-refractivity contribution in [2.75, 3.05) is 13.1 Å². The second-order valence-corrected chi connectivity index (χ2v) is 3.40. The highest BCUT2D eigenvalue weighted by molar-refractivity contribution is 5.76. The molecule has 1 aliphatic rings. The normalized spacial score (nSPS) is 22.5. The minimum atomic E-state index is 0.0664. The topological polar surface area (TPSA) is 70.1 Å². The number of carbonyl (C=O) groups is 1. The Morgan fingerprint density at radius 1 is 1.69 bits per heavy atom. The van der Waals surface area contributed by atoms with Crippen LogP contribution in [-0.4, -0.2) is 29.9 Å². The molecule has 1 heterocycles. The van der Waals surface area contributed by atoms with Gasteiger partial charge < -0.3 is 10.6 Å². The van der Waals surface area contributed by atoms with Crippen molar-refractivity contribution in [3.05, 3.63) is 0 Å². The van der Waals surface area contributed by atoms with Gasteiger partial charge in [0.2, 0.25) is 5.91 Å². The summed E-state index contributed by atoms with van der Waals surface area (Å²) >= 11 is 0. The Morgan fingerprint density at radius 3 is 3.08 bits per heavy atom. The molecule has 0 aromatic rings. The van der Waals surface area contributed by atoms with Crippen LogP contribution < -0.4 is 5.73 Å². The summed E-state index contributed by atoms with van der Waals surface area (Å²) in [6, 6.07) is 2.09. The van der Waals surface area contributed by atoms with Crippen LogP contribution in [0.2, 0.25) is 0 Å². The second-order valence-electron chi connectivity index (χ2n) is 3.40. The molecule has 4 heteroatoms. The van der Waals surface area contributed by atoms with Crippen molar-refractivity contribution in [3.8, 4) is 6.07 Å². The van der Waals surface area contributed by atoms with E-state index in [0.717, 1.165) is 19.4 Å². The van der Waals surface area contributed by atoms with Gasteiger partial charge in [-0.2, -0.15) is 5.26 Å². The summed E-state index contributed by atoms with van der Waals surface area (Å²) in [5.74, 6) is 0.0664. The van der Waals surface area contributed by atoms with Gasteiger partial charge in [0, 0.05) is 32.0 Å². The summed E-state index contributed by atoms with van der Waals surface area (Å²) in [5, 5.41) is 8.32. The molecular formula is C9H15N3O. The molecule has 72 valence electrons. The Kier molecular flexibility index (Phi) is 3.71. The average Bonchev–Trinajstić information content (AvgIpc) is 2.14. The van der Waals surface area contributed by atoms with E-state index in [-0.39, 0.29) is 11.9 Å². The average molecular weight is 181 g/mol. The van der Waals surface area contributed by atoms with Gasteiger partial charge in [-0.15, -0.1) is 0 Å². The third-order valence-electron chi connectivity index (χ3n) is 2.26. The minimum Gasteiger partial charge on any atom is -0.341 e. The van der Waals surface area contributed by atoms with Crippen LogP contribution in [-0.2, 0) is 4.79 Å². The number of hydrogen-bond donors (Lipinski definition) is 1. The molecule has 0 aromatic heterocycles. The number of rotatable bonds is 2. The number of hydrogen-bond acceptors (Lipinski definition) is 3. The molecule has 0 aliphatic carbocycles. The molecule has 1 rings (SSSR count). The van der Waals surface area contributed by atoms with E-state index in [9.17, 15) is 4.79 Å². The van der Waals surface area contributed by atoms with E-state index in [1.54, 1.807) is 4.90 Å². The fourth-order valence-corrected chi connectivity index (χ4v) is 1.56. The molecule has 1 aliphatic heterocycles. The maximum absolute atomic E-state index is 11.4. The predicted octanol–water partition coefficient (Wildman–Crippen LogP) is 0.240. The number of piperidine rings is 1. The van der Waals surface area contributed by atoms with Crippen LogP contribution in [0.4, 0.5) is 0 Å². The molecule has 4 nitrogen and oxygen atoms in total. The molecule has 1 amide bonds. The van der Waals surface area contributed by atoms with Crippen LogP contribution in [0.5, 0.6) is 0 Å². The maximum atomic E-state index is 11.4. The highest BCUT2D eigenvalue weighted by atomic mass is 16.2. The Balaban J connectivity index is 2.33. The number of nitriles is 1. The quantitative estimate of drug-likeness (QED) is 0.663. The van der Waals surface area contributed by atoms with Crippen LogP contribution in [0.25, 0.3) is 0 Å². The van der Waals surface area contributed by atoms with Gasteiger partial charge in [0.05, 0.1) is 6.07 Å². The van der Waals surface area contributed by atoms with Gasteiger partial charge in [-0.25, -0.2) is 0 Å². The van der Waals surface area contributed by atoms with Gasteiger partial charge in [0.1, 0.15) is 0 Å². The smallest absolute Gasteiger partial charge is 0.223 e. The Morgan fingerprint density at radius 2 is 2.46 bits per heavy atom. The Bertz CT molecular complexity index is 221. The van der Waals surface area contributed by atoms with Crippen LogP contribution in [0.3, 0.4) is 0 Å². The molecule has 0 aromatic carbocycles. The second kappa shape index (κ2) is 4.83. The predicted molar refractivity (Wildman–Crippen MR) is 48.6 cm³/mol. The SMILES string of the molecule is N#CCCC(=O)N1CCCC(N)C1. The van der Waals surface area contributed by atoms with Crippen molar-refractivity contribution in [3.63, 3.8) is 0 Å². The van der Waals surface area contributed by atoms with Crippen molar-refractivity contribution < 1.29 is 4.79 Å². The largest absolute Gasteiger partial charge is 0.341 e. The van der Waals surface area contributed by atoms with Crippen LogP contribution in [0, 0.1) is 11.3 Å². The van der Waals surface area contributed by atoms with Gasteiger partial charge in [0.25, 0.3) is 0 Å². The van der Waals surface area contributed by atoms with Gasteiger partial charge in [-0.05, 0) is 12.8 Å². The highest BCUT2D eigenvalue weighted by Gasteiger charge is 2.20. The van der Waals surface area contributed by atoms with Crippen molar-refractivity contribution in [2.45, 2.75) is 31.7 Å². The van der Waals surface area contributed by atoms with Crippen molar-refractivity contribution in [1.29, 1.82) is 5.26 Å². The molecule has 0 bridgehead atoms. The first kappa shape index (κ1) is 10.0. The molecule has 13 heavy (non-hydrogen) atoms. The lowest BCUT2D eigenvalue weighted by atomic mass is 10.1. The van der Waals surface area contributed by atoms with Gasteiger partial charge >= 0.3 is 0 Å². The lowest BCUT2D eigenvalue weighted by Gasteiger charge is -2.30. The van der Waals surface area contributed by atoms with E-state index in [1.807, 2.05) is 6.07 Å². The Labute approximate surface area is 78.3 Å². The van der Waals surface area contributed by atoms with Gasteiger partial charge in [-0.3, -0.25) is 4.79 Å². The lowest BCUT2D eigenvalue weighted by molar-refractivity contribution is -0.132. The molecule has 0 saturated carbocycles. The number of amides is 1. The zero-order valence-electron chi connectivity index (χ0n) is 7.70. The zero-order valence-corrected chi connectivity index (χ0v) is 7.70. The third kappa shape index (κ3) is 3.03. The first-order chi connectivity index (χ1) is 6.24. The van der Waals surface area contributed by atoms with Crippen LogP contribution in [0.1, 0.15) is 25.7 Å². The van der Waals surface area contributed by atoms with E-state index < -0.39 is 0 Å². The fraction of sp³-hybridized carbons (Fsp3) is 0.778. The molecular weight excluding hydrogens is 166 g/mol. The van der Waals surface area contributed by atoms with Crippen LogP contribution >= 0.6 is 0 Å². The summed E-state index contributed by atoms with van der Waals surface area (Å²) in [4.78, 5) is 13.2. The summed E-state index contributed by atoms with van der Waals surface area (Å²) in [6.07, 6.45) is 2.63. The molecule has 1 unspecified atom stereocenters. The highest BCUT2D eigenvalue weighted by Crippen LogP contribution is 2.09. The van der Waals surface area contributed by atoms with Crippen molar-refractivity contribution >= 4 is 5.91 Å².